The van der Waals surface area contributed by atoms with E-state index in [1.807, 2.05) is 54.6 Å². The van der Waals surface area contributed by atoms with Gasteiger partial charge in [0.1, 0.15) is 10.9 Å². The first-order chi connectivity index (χ1) is 14.2. The Kier molecular flexibility index (Phi) is 6.54. The van der Waals surface area contributed by atoms with Crippen molar-refractivity contribution in [2.75, 3.05) is 18.9 Å². The lowest BCUT2D eigenvalue weighted by Crippen LogP contribution is -2.32. The Morgan fingerprint density at radius 1 is 1.21 bits per heavy atom. The van der Waals surface area contributed by atoms with Crippen LogP contribution in [0.2, 0.25) is 5.02 Å². The summed E-state index contributed by atoms with van der Waals surface area (Å²) in [6.45, 7) is 1.36. The number of carbonyl (C=O) groups excluding carboxylic acids is 1. The lowest BCUT2D eigenvalue weighted by atomic mass is 10.2. The first-order valence-corrected chi connectivity index (χ1v) is 11.0. The molecule has 0 unspecified atom stereocenters. The number of H-pyrrole nitrogens is 1. The quantitative estimate of drug-likeness (QED) is 0.532. The van der Waals surface area contributed by atoms with E-state index in [1.165, 1.54) is 11.8 Å². The second kappa shape index (κ2) is 9.48. The zero-order valence-corrected chi connectivity index (χ0v) is 17.4. The third-order valence-electron chi connectivity index (χ3n) is 4.72. The van der Waals surface area contributed by atoms with Crippen molar-refractivity contribution >= 4 is 29.3 Å². The smallest absolute Gasteiger partial charge is 0.230 e. The van der Waals surface area contributed by atoms with Crippen LogP contribution in [0.5, 0.6) is 0 Å². The molecule has 1 atom stereocenters. The molecule has 1 amide bonds. The van der Waals surface area contributed by atoms with Gasteiger partial charge in [-0.2, -0.15) is 0 Å². The fourth-order valence-electron chi connectivity index (χ4n) is 3.25. The standard InChI is InChI=1S/C22H22ClN3O2S/c23-17-9-4-8-16(12-17)21-25-20(15-6-2-1-3-7-15)22(26-21)29-14-19(27)24-13-18-10-5-11-28-18/h1-4,6-9,12,18H,5,10-11,13-14H2,(H,24,27)(H,25,26)/t18-/m0/s1. The molecule has 1 aromatic heterocycles. The molecule has 4 rings (SSSR count). The Morgan fingerprint density at radius 2 is 2.03 bits per heavy atom. The van der Waals surface area contributed by atoms with E-state index in [0.717, 1.165) is 47.1 Å². The zero-order valence-electron chi connectivity index (χ0n) is 15.9. The van der Waals surface area contributed by atoms with Gasteiger partial charge in [-0.1, -0.05) is 65.8 Å². The van der Waals surface area contributed by atoms with Crippen molar-refractivity contribution in [3.05, 3.63) is 59.6 Å². The summed E-state index contributed by atoms with van der Waals surface area (Å²) >= 11 is 7.56. The van der Waals surface area contributed by atoms with Gasteiger partial charge < -0.3 is 15.0 Å². The number of nitrogens with one attached hydrogen (secondary N) is 2. The molecule has 5 nitrogen and oxygen atoms in total. The summed E-state index contributed by atoms with van der Waals surface area (Å²) in [6, 6.07) is 17.6. The Labute approximate surface area is 179 Å². The number of imidazole rings is 1. The van der Waals surface area contributed by atoms with Gasteiger partial charge in [-0.05, 0) is 25.0 Å². The minimum Gasteiger partial charge on any atom is -0.376 e. The highest BCUT2D eigenvalue weighted by Crippen LogP contribution is 2.33. The number of rotatable bonds is 7. The number of carbonyl (C=O) groups is 1. The van der Waals surface area contributed by atoms with Crippen molar-refractivity contribution in [2.45, 2.75) is 24.0 Å². The maximum Gasteiger partial charge on any atom is 0.230 e. The molecule has 2 heterocycles. The molecule has 2 aromatic carbocycles. The van der Waals surface area contributed by atoms with Gasteiger partial charge >= 0.3 is 0 Å². The van der Waals surface area contributed by atoms with E-state index in [-0.39, 0.29) is 12.0 Å². The van der Waals surface area contributed by atoms with Gasteiger partial charge in [0.15, 0.2) is 0 Å². The fourth-order valence-corrected chi connectivity index (χ4v) is 4.28. The molecule has 3 aromatic rings. The third kappa shape index (κ3) is 5.21. The number of thioether (sulfide) groups is 1. The fraction of sp³-hybridized carbons (Fsp3) is 0.273. The molecule has 1 aliphatic heterocycles. The molecule has 1 fully saturated rings. The number of hydrogen-bond acceptors (Lipinski definition) is 4. The average Bonchev–Trinajstić information content (AvgIpc) is 3.41. The second-order valence-corrected chi connectivity index (χ2v) is 8.27. The number of hydrogen-bond donors (Lipinski definition) is 2. The van der Waals surface area contributed by atoms with Crippen LogP contribution in [0.1, 0.15) is 12.8 Å². The van der Waals surface area contributed by atoms with Gasteiger partial charge in [0.2, 0.25) is 5.91 Å². The molecule has 7 heteroatoms. The lowest BCUT2D eigenvalue weighted by Gasteiger charge is -2.10. The Hall–Kier alpha value is -2.28. The van der Waals surface area contributed by atoms with Crippen molar-refractivity contribution in [3.63, 3.8) is 0 Å². The topological polar surface area (TPSA) is 67.0 Å². The molecular weight excluding hydrogens is 406 g/mol. The number of ether oxygens (including phenoxy) is 1. The number of amides is 1. The first kappa shape index (κ1) is 20.0. The predicted octanol–water partition coefficient (Wildman–Crippen LogP) is 4.78. The molecule has 1 aliphatic rings. The van der Waals surface area contributed by atoms with Crippen molar-refractivity contribution in [1.82, 2.24) is 15.3 Å². The summed E-state index contributed by atoms with van der Waals surface area (Å²) in [5.41, 5.74) is 2.83. The SMILES string of the molecule is O=C(CSc1nc(-c2cccc(Cl)c2)[nH]c1-c1ccccc1)NC[C@@H]1CCCO1. The van der Waals surface area contributed by atoms with Crippen molar-refractivity contribution in [1.29, 1.82) is 0 Å². The van der Waals surface area contributed by atoms with Crippen LogP contribution in [-0.2, 0) is 9.53 Å². The van der Waals surface area contributed by atoms with E-state index in [9.17, 15) is 4.79 Å². The van der Waals surface area contributed by atoms with E-state index < -0.39 is 0 Å². The van der Waals surface area contributed by atoms with Gasteiger partial charge in [0, 0.05) is 29.3 Å². The Balaban J connectivity index is 1.50. The number of aromatic amines is 1. The van der Waals surface area contributed by atoms with Gasteiger partial charge in [-0.3, -0.25) is 4.79 Å². The molecule has 0 spiro atoms. The predicted molar refractivity (Wildman–Crippen MR) is 117 cm³/mol. The minimum absolute atomic E-state index is 0.0168. The zero-order chi connectivity index (χ0) is 20.1. The largest absolute Gasteiger partial charge is 0.376 e. The van der Waals surface area contributed by atoms with Crippen LogP contribution in [0, 0.1) is 0 Å². The van der Waals surface area contributed by atoms with Crippen LogP contribution < -0.4 is 5.32 Å². The summed E-state index contributed by atoms with van der Waals surface area (Å²) in [5, 5.41) is 4.41. The van der Waals surface area contributed by atoms with Gasteiger partial charge in [0.25, 0.3) is 0 Å². The minimum atomic E-state index is -0.0168. The Bertz CT molecular complexity index is 971. The van der Waals surface area contributed by atoms with Crippen LogP contribution >= 0.6 is 23.4 Å². The van der Waals surface area contributed by atoms with E-state index in [4.69, 9.17) is 21.3 Å². The molecule has 29 heavy (non-hydrogen) atoms. The van der Waals surface area contributed by atoms with Gasteiger partial charge in [0.05, 0.1) is 17.6 Å². The number of nitrogens with zero attached hydrogens (tertiary/aromatic N) is 1. The van der Waals surface area contributed by atoms with E-state index >= 15 is 0 Å². The average molecular weight is 428 g/mol. The van der Waals surface area contributed by atoms with Crippen molar-refractivity contribution in [2.24, 2.45) is 0 Å². The Morgan fingerprint density at radius 3 is 2.79 bits per heavy atom. The highest BCUT2D eigenvalue weighted by Gasteiger charge is 2.18. The van der Waals surface area contributed by atoms with Gasteiger partial charge in [-0.15, -0.1) is 0 Å². The molecule has 0 bridgehead atoms. The van der Waals surface area contributed by atoms with E-state index in [1.54, 1.807) is 0 Å². The molecular formula is C22H22ClN3O2S. The van der Waals surface area contributed by atoms with Crippen LogP contribution in [0.3, 0.4) is 0 Å². The molecule has 0 aliphatic carbocycles. The maximum atomic E-state index is 12.3. The molecule has 2 N–H and O–H groups in total. The van der Waals surface area contributed by atoms with Crippen LogP contribution in [0.25, 0.3) is 22.6 Å². The lowest BCUT2D eigenvalue weighted by molar-refractivity contribution is -0.119. The summed E-state index contributed by atoms with van der Waals surface area (Å²) < 4.78 is 5.56. The molecule has 150 valence electrons. The summed E-state index contributed by atoms with van der Waals surface area (Å²) in [5.74, 6) is 1.01. The number of halogens is 1. The summed E-state index contributed by atoms with van der Waals surface area (Å²) in [7, 11) is 0. The summed E-state index contributed by atoms with van der Waals surface area (Å²) in [6.07, 6.45) is 2.21. The number of aromatic nitrogens is 2. The van der Waals surface area contributed by atoms with Gasteiger partial charge in [-0.25, -0.2) is 4.98 Å². The third-order valence-corrected chi connectivity index (χ3v) is 5.93. The number of benzene rings is 2. The van der Waals surface area contributed by atoms with Crippen molar-refractivity contribution in [3.8, 4) is 22.6 Å². The van der Waals surface area contributed by atoms with Crippen molar-refractivity contribution < 1.29 is 9.53 Å². The van der Waals surface area contributed by atoms with Crippen LogP contribution in [0.15, 0.2) is 59.6 Å². The maximum absolute atomic E-state index is 12.3. The summed E-state index contributed by atoms with van der Waals surface area (Å²) in [4.78, 5) is 20.5. The first-order valence-electron chi connectivity index (χ1n) is 9.61. The van der Waals surface area contributed by atoms with E-state index in [2.05, 4.69) is 10.3 Å². The highest BCUT2D eigenvalue weighted by molar-refractivity contribution is 8.00. The second-order valence-electron chi connectivity index (χ2n) is 6.87. The molecule has 1 saturated heterocycles. The van der Waals surface area contributed by atoms with Crippen LogP contribution in [-0.4, -0.2) is 40.9 Å². The monoisotopic (exact) mass is 427 g/mol. The highest BCUT2D eigenvalue weighted by atomic mass is 35.5. The normalized spacial score (nSPS) is 16.1. The molecule has 0 radical (unpaired) electrons. The van der Waals surface area contributed by atoms with E-state index in [0.29, 0.717) is 17.3 Å². The molecule has 0 saturated carbocycles. The van der Waals surface area contributed by atoms with Crippen LogP contribution in [0.4, 0.5) is 0 Å².